The van der Waals surface area contributed by atoms with Crippen LogP contribution in [0.1, 0.15) is 19.8 Å². The molecule has 0 unspecified atom stereocenters. The van der Waals surface area contributed by atoms with Crippen LogP contribution in [-0.2, 0) is 14.2 Å². The molecule has 0 saturated carbocycles. The maximum Gasteiger partial charge on any atom is 0.163 e. The summed E-state index contributed by atoms with van der Waals surface area (Å²) in [5, 5.41) is 0. The van der Waals surface area contributed by atoms with E-state index in [2.05, 4.69) is 6.92 Å². The van der Waals surface area contributed by atoms with Gasteiger partial charge in [0.25, 0.3) is 0 Å². The number of hydrogen-bond donors (Lipinski definition) is 0. The Morgan fingerprint density at radius 3 is 2.56 bits per heavy atom. The van der Waals surface area contributed by atoms with Crippen LogP contribution in [-0.4, -0.2) is 19.9 Å². The van der Waals surface area contributed by atoms with E-state index < -0.39 is 0 Å². The molecule has 1 fully saturated rings. The first-order chi connectivity index (χ1) is 4.43. The van der Waals surface area contributed by atoms with Crippen LogP contribution in [0.4, 0.5) is 0 Å². The van der Waals surface area contributed by atoms with Gasteiger partial charge in [-0.15, -0.1) is 0 Å². The highest BCUT2D eigenvalue weighted by atomic mass is 16.8. The van der Waals surface area contributed by atoms with Crippen LogP contribution < -0.4 is 0 Å². The predicted octanol–water partition coefficient (Wildman–Crippen LogP) is 1.09. The Hall–Kier alpha value is -0.120. The molecule has 0 aromatic carbocycles. The van der Waals surface area contributed by atoms with Gasteiger partial charge in [0, 0.05) is 0 Å². The molecule has 0 aromatic rings. The second-order valence-electron chi connectivity index (χ2n) is 1.99. The summed E-state index contributed by atoms with van der Waals surface area (Å²) >= 11 is 0. The average molecular weight is 132 g/mol. The predicted molar refractivity (Wildman–Crippen MR) is 31.7 cm³/mol. The molecule has 0 atom stereocenters. The Labute approximate surface area is 54.9 Å². The van der Waals surface area contributed by atoms with Crippen LogP contribution in [0, 0.1) is 0 Å². The standard InChI is InChI=1S/C6H12O3/c1-2-3-6-8-4-7-5-9-6/h6H,2-5H2,1H3. The molecule has 1 aliphatic heterocycles. The summed E-state index contributed by atoms with van der Waals surface area (Å²) in [6.07, 6.45) is 2.03. The molecule has 0 radical (unpaired) electrons. The Kier molecular flexibility index (Phi) is 2.97. The van der Waals surface area contributed by atoms with Gasteiger partial charge in [-0.25, -0.2) is 0 Å². The van der Waals surface area contributed by atoms with Crippen molar-refractivity contribution in [3.05, 3.63) is 0 Å². The lowest BCUT2D eigenvalue weighted by atomic mass is 10.3. The molecule has 3 heteroatoms. The van der Waals surface area contributed by atoms with E-state index >= 15 is 0 Å². The van der Waals surface area contributed by atoms with E-state index in [9.17, 15) is 0 Å². The molecule has 54 valence electrons. The lowest BCUT2D eigenvalue weighted by Gasteiger charge is -2.22. The summed E-state index contributed by atoms with van der Waals surface area (Å²) in [5.41, 5.74) is 0. The molecule has 1 rings (SSSR count). The average Bonchev–Trinajstić information content (AvgIpc) is 1.91. The van der Waals surface area contributed by atoms with Gasteiger partial charge in [-0.1, -0.05) is 13.3 Å². The van der Waals surface area contributed by atoms with Crippen molar-refractivity contribution >= 4 is 0 Å². The number of ether oxygens (including phenoxy) is 3. The third-order valence-corrected chi connectivity index (χ3v) is 1.20. The lowest BCUT2D eigenvalue weighted by Crippen LogP contribution is -2.26. The smallest absolute Gasteiger partial charge is 0.163 e. The molecule has 1 heterocycles. The molecular weight excluding hydrogens is 120 g/mol. The van der Waals surface area contributed by atoms with E-state index in [1.165, 1.54) is 0 Å². The van der Waals surface area contributed by atoms with Crippen LogP contribution in [0.3, 0.4) is 0 Å². The van der Waals surface area contributed by atoms with Gasteiger partial charge in [-0.3, -0.25) is 0 Å². The third-order valence-electron chi connectivity index (χ3n) is 1.20. The van der Waals surface area contributed by atoms with Crippen molar-refractivity contribution in [1.29, 1.82) is 0 Å². The number of hydrogen-bond acceptors (Lipinski definition) is 3. The van der Waals surface area contributed by atoms with Gasteiger partial charge in [0.2, 0.25) is 0 Å². The van der Waals surface area contributed by atoms with Gasteiger partial charge in [-0.05, 0) is 6.42 Å². The Balaban J connectivity index is 2.08. The number of rotatable bonds is 2. The second kappa shape index (κ2) is 3.82. The molecule has 1 aliphatic rings. The van der Waals surface area contributed by atoms with Crippen molar-refractivity contribution in [2.75, 3.05) is 13.6 Å². The first-order valence-corrected chi connectivity index (χ1v) is 3.24. The van der Waals surface area contributed by atoms with Crippen LogP contribution in [0.5, 0.6) is 0 Å². The molecule has 0 aliphatic carbocycles. The maximum absolute atomic E-state index is 5.07. The van der Waals surface area contributed by atoms with E-state index in [-0.39, 0.29) is 6.29 Å². The van der Waals surface area contributed by atoms with E-state index in [1.807, 2.05) is 0 Å². The normalized spacial score (nSPS) is 22.3. The summed E-state index contributed by atoms with van der Waals surface area (Å²) in [6.45, 7) is 2.86. The first kappa shape index (κ1) is 6.99. The van der Waals surface area contributed by atoms with Crippen molar-refractivity contribution in [3.63, 3.8) is 0 Å². The zero-order valence-corrected chi connectivity index (χ0v) is 5.63. The van der Waals surface area contributed by atoms with Crippen molar-refractivity contribution in [1.82, 2.24) is 0 Å². The van der Waals surface area contributed by atoms with E-state index in [4.69, 9.17) is 14.2 Å². The minimum atomic E-state index is -0.0243. The highest BCUT2D eigenvalue weighted by molar-refractivity contribution is 4.42. The molecule has 3 nitrogen and oxygen atoms in total. The zero-order chi connectivity index (χ0) is 6.53. The largest absolute Gasteiger partial charge is 0.329 e. The van der Waals surface area contributed by atoms with Crippen LogP contribution in [0.25, 0.3) is 0 Å². The van der Waals surface area contributed by atoms with Crippen LogP contribution in [0.15, 0.2) is 0 Å². The highest BCUT2D eigenvalue weighted by Gasteiger charge is 2.11. The molecule has 9 heavy (non-hydrogen) atoms. The molecule has 1 saturated heterocycles. The van der Waals surface area contributed by atoms with Gasteiger partial charge in [0.1, 0.15) is 0 Å². The van der Waals surface area contributed by atoms with Crippen LogP contribution in [0.2, 0.25) is 0 Å². The Bertz CT molecular complexity index is 65.9. The molecular formula is C6H12O3. The molecule has 0 N–H and O–H groups in total. The monoisotopic (exact) mass is 132 g/mol. The quantitative estimate of drug-likeness (QED) is 0.563. The van der Waals surface area contributed by atoms with Crippen LogP contribution >= 0.6 is 0 Å². The summed E-state index contributed by atoms with van der Waals surface area (Å²) in [6, 6.07) is 0. The topological polar surface area (TPSA) is 27.7 Å². The fourth-order valence-corrected chi connectivity index (χ4v) is 0.733. The first-order valence-electron chi connectivity index (χ1n) is 3.24. The molecule has 0 aromatic heterocycles. The molecule has 0 bridgehead atoms. The van der Waals surface area contributed by atoms with Gasteiger partial charge in [0.15, 0.2) is 19.9 Å². The summed E-state index contributed by atoms with van der Waals surface area (Å²) in [7, 11) is 0. The Morgan fingerprint density at radius 2 is 2.00 bits per heavy atom. The third kappa shape index (κ3) is 2.30. The summed E-state index contributed by atoms with van der Waals surface area (Å²) in [5.74, 6) is 0. The minimum Gasteiger partial charge on any atom is -0.329 e. The van der Waals surface area contributed by atoms with Gasteiger partial charge in [-0.2, -0.15) is 0 Å². The molecule has 0 amide bonds. The molecule has 0 spiro atoms. The maximum atomic E-state index is 5.07. The van der Waals surface area contributed by atoms with Crippen molar-refractivity contribution in [2.24, 2.45) is 0 Å². The Morgan fingerprint density at radius 1 is 1.33 bits per heavy atom. The van der Waals surface area contributed by atoms with Crippen molar-refractivity contribution in [3.8, 4) is 0 Å². The summed E-state index contributed by atoms with van der Waals surface area (Å²) in [4.78, 5) is 0. The SMILES string of the molecule is CCCC1OCOCO1. The fraction of sp³-hybridized carbons (Fsp3) is 1.00. The lowest BCUT2D eigenvalue weighted by molar-refractivity contribution is -0.300. The minimum absolute atomic E-state index is 0.0243. The van der Waals surface area contributed by atoms with Gasteiger partial charge in [0.05, 0.1) is 0 Å². The zero-order valence-electron chi connectivity index (χ0n) is 5.63. The van der Waals surface area contributed by atoms with E-state index in [0.29, 0.717) is 13.6 Å². The second-order valence-corrected chi connectivity index (χ2v) is 1.99. The van der Waals surface area contributed by atoms with Gasteiger partial charge >= 0.3 is 0 Å². The van der Waals surface area contributed by atoms with E-state index in [1.54, 1.807) is 0 Å². The van der Waals surface area contributed by atoms with E-state index in [0.717, 1.165) is 12.8 Å². The van der Waals surface area contributed by atoms with Crippen molar-refractivity contribution < 1.29 is 14.2 Å². The van der Waals surface area contributed by atoms with Gasteiger partial charge < -0.3 is 14.2 Å². The highest BCUT2D eigenvalue weighted by Crippen LogP contribution is 2.07. The summed E-state index contributed by atoms with van der Waals surface area (Å²) < 4.78 is 14.9. The fourth-order valence-electron chi connectivity index (χ4n) is 0.733. The van der Waals surface area contributed by atoms with Crippen molar-refractivity contribution in [2.45, 2.75) is 26.1 Å².